The Bertz CT molecular complexity index is 1050. The van der Waals surface area contributed by atoms with E-state index in [2.05, 4.69) is 59.6 Å². The van der Waals surface area contributed by atoms with Crippen molar-refractivity contribution in [3.8, 4) is 23.7 Å². The molecule has 0 bridgehead atoms. The number of para-hydroxylation sites is 1. The fraction of sp³-hybridized carbons (Fsp3) is 0.174. The van der Waals surface area contributed by atoms with Crippen molar-refractivity contribution >= 4 is 16.9 Å². The smallest absolute Gasteiger partial charge is 0.303 e. The fourth-order valence-corrected chi connectivity index (χ4v) is 2.70. The van der Waals surface area contributed by atoms with Crippen LogP contribution in [-0.2, 0) is 16.1 Å². The van der Waals surface area contributed by atoms with Crippen LogP contribution >= 0.6 is 0 Å². The number of carbonyl (C=O) groups is 1. The van der Waals surface area contributed by atoms with Gasteiger partial charge in [-0.25, -0.2) is 0 Å². The van der Waals surface area contributed by atoms with E-state index in [-0.39, 0.29) is 12.6 Å². The molecule has 3 heteroatoms. The number of hydrogen-bond acceptors (Lipinski definition) is 2. The van der Waals surface area contributed by atoms with Crippen LogP contribution in [0.5, 0.6) is 0 Å². The summed E-state index contributed by atoms with van der Waals surface area (Å²) in [4.78, 5) is 10.7. The molecule has 0 spiro atoms. The first kappa shape index (κ1) is 17.4. The number of aryl methyl sites for hydroxylation is 1. The molecule has 0 aliphatic heterocycles. The summed E-state index contributed by atoms with van der Waals surface area (Å²) in [6, 6.07) is 16.1. The van der Waals surface area contributed by atoms with Gasteiger partial charge in [-0.3, -0.25) is 4.79 Å². The molecule has 0 fully saturated rings. The molecule has 1 aromatic heterocycles. The highest BCUT2D eigenvalue weighted by atomic mass is 16.5. The SMILES string of the molecule is CC(=O)OCC#Cc1ccc(C#CCn2cc(C)c3ccccc32)cc1. The van der Waals surface area contributed by atoms with Crippen molar-refractivity contribution in [3.63, 3.8) is 0 Å². The van der Waals surface area contributed by atoms with Gasteiger partial charge in [-0.1, -0.05) is 41.9 Å². The summed E-state index contributed by atoms with van der Waals surface area (Å²) in [5, 5.41) is 1.27. The summed E-state index contributed by atoms with van der Waals surface area (Å²) in [5.41, 5.74) is 4.29. The lowest BCUT2D eigenvalue weighted by molar-refractivity contribution is -0.139. The topological polar surface area (TPSA) is 31.2 Å². The highest BCUT2D eigenvalue weighted by molar-refractivity contribution is 5.83. The van der Waals surface area contributed by atoms with Crippen molar-refractivity contribution < 1.29 is 9.53 Å². The molecule has 1 heterocycles. The van der Waals surface area contributed by atoms with E-state index in [9.17, 15) is 4.79 Å². The van der Waals surface area contributed by atoms with Gasteiger partial charge in [0, 0.05) is 35.2 Å². The predicted octanol–water partition coefficient (Wildman–Crippen LogP) is 3.92. The highest BCUT2D eigenvalue weighted by Crippen LogP contribution is 2.19. The second-order valence-electron chi connectivity index (χ2n) is 5.92. The van der Waals surface area contributed by atoms with Crippen LogP contribution in [0, 0.1) is 30.6 Å². The quantitative estimate of drug-likeness (QED) is 0.523. The van der Waals surface area contributed by atoms with E-state index < -0.39 is 0 Å². The lowest BCUT2D eigenvalue weighted by Gasteiger charge is -1.98. The second kappa shape index (κ2) is 8.10. The van der Waals surface area contributed by atoms with Crippen LogP contribution < -0.4 is 0 Å². The van der Waals surface area contributed by atoms with Crippen LogP contribution in [0.3, 0.4) is 0 Å². The zero-order chi connectivity index (χ0) is 18.4. The molecule has 3 nitrogen and oxygen atoms in total. The Balaban J connectivity index is 1.66. The van der Waals surface area contributed by atoms with Gasteiger partial charge in [0.15, 0.2) is 6.61 Å². The second-order valence-corrected chi connectivity index (χ2v) is 5.92. The summed E-state index contributed by atoms with van der Waals surface area (Å²) in [7, 11) is 0. The molecule has 0 saturated heterocycles. The lowest BCUT2D eigenvalue weighted by atomic mass is 10.1. The Morgan fingerprint density at radius 3 is 2.35 bits per heavy atom. The molecular formula is C23H19NO2. The van der Waals surface area contributed by atoms with Gasteiger partial charge in [0.05, 0.1) is 6.54 Å². The Kier molecular flexibility index (Phi) is 5.42. The number of hydrogen-bond donors (Lipinski definition) is 0. The molecule has 0 aliphatic carbocycles. The third kappa shape index (κ3) is 4.35. The molecular weight excluding hydrogens is 322 g/mol. The van der Waals surface area contributed by atoms with E-state index in [0.29, 0.717) is 6.54 Å². The third-order valence-electron chi connectivity index (χ3n) is 3.94. The summed E-state index contributed by atoms with van der Waals surface area (Å²) >= 11 is 0. The zero-order valence-corrected chi connectivity index (χ0v) is 14.9. The van der Waals surface area contributed by atoms with Crippen LogP contribution in [0.25, 0.3) is 10.9 Å². The molecule has 0 aliphatic rings. The van der Waals surface area contributed by atoms with Crippen LogP contribution in [0.15, 0.2) is 54.7 Å². The minimum Gasteiger partial charge on any atom is -0.453 e. The number of fused-ring (bicyclic) bond motifs is 1. The maximum Gasteiger partial charge on any atom is 0.303 e. The molecule has 0 atom stereocenters. The van der Waals surface area contributed by atoms with Crippen molar-refractivity contribution in [2.45, 2.75) is 20.4 Å². The van der Waals surface area contributed by atoms with Gasteiger partial charge in [-0.05, 0) is 42.8 Å². The third-order valence-corrected chi connectivity index (χ3v) is 3.94. The van der Waals surface area contributed by atoms with E-state index in [1.54, 1.807) is 0 Å². The average Bonchev–Trinajstić information content (AvgIpc) is 2.96. The van der Waals surface area contributed by atoms with Crippen LogP contribution in [-0.4, -0.2) is 17.1 Å². The Hall–Kier alpha value is -3.43. The lowest BCUT2D eigenvalue weighted by Crippen LogP contribution is -1.97. The van der Waals surface area contributed by atoms with Gasteiger partial charge in [0.1, 0.15) is 0 Å². The molecule has 0 radical (unpaired) electrons. The molecule has 0 N–H and O–H groups in total. The standard InChI is InChI=1S/C23H19NO2/c1-18-17-24(23-10-4-3-9-22(18)23)15-5-7-20-11-13-21(14-12-20)8-6-16-26-19(2)25/h3-4,9-14,17H,15-16H2,1-2H3. The van der Waals surface area contributed by atoms with Gasteiger partial charge >= 0.3 is 5.97 Å². The van der Waals surface area contributed by atoms with Gasteiger partial charge in [-0.15, -0.1) is 0 Å². The number of esters is 1. The summed E-state index contributed by atoms with van der Waals surface area (Å²) in [6.07, 6.45) is 2.14. The van der Waals surface area contributed by atoms with Crippen molar-refractivity contribution in [2.75, 3.05) is 6.61 Å². The highest BCUT2D eigenvalue weighted by Gasteiger charge is 2.02. The predicted molar refractivity (Wildman–Crippen MR) is 104 cm³/mol. The molecule has 3 aromatic rings. The Morgan fingerprint density at radius 2 is 1.65 bits per heavy atom. The normalized spacial score (nSPS) is 9.77. The van der Waals surface area contributed by atoms with Gasteiger partial charge in [0.2, 0.25) is 0 Å². The summed E-state index contributed by atoms with van der Waals surface area (Å²) < 4.78 is 6.95. The van der Waals surface area contributed by atoms with E-state index in [1.807, 2.05) is 30.3 Å². The van der Waals surface area contributed by atoms with E-state index in [4.69, 9.17) is 4.74 Å². The van der Waals surface area contributed by atoms with Crippen molar-refractivity contribution in [1.82, 2.24) is 4.57 Å². The largest absolute Gasteiger partial charge is 0.453 e. The van der Waals surface area contributed by atoms with Crippen molar-refractivity contribution in [2.24, 2.45) is 0 Å². The van der Waals surface area contributed by atoms with E-state index in [0.717, 1.165) is 11.1 Å². The first-order chi connectivity index (χ1) is 12.6. The first-order valence-corrected chi connectivity index (χ1v) is 8.39. The molecule has 3 rings (SSSR count). The molecule has 128 valence electrons. The minimum atomic E-state index is -0.324. The number of ether oxygens (including phenoxy) is 1. The van der Waals surface area contributed by atoms with Crippen molar-refractivity contribution in [3.05, 3.63) is 71.4 Å². The fourth-order valence-electron chi connectivity index (χ4n) is 2.70. The number of rotatable bonds is 2. The zero-order valence-electron chi connectivity index (χ0n) is 14.9. The molecule has 2 aromatic carbocycles. The van der Waals surface area contributed by atoms with Gasteiger partial charge < -0.3 is 9.30 Å². The molecule has 26 heavy (non-hydrogen) atoms. The number of benzene rings is 2. The maximum atomic E-state index is 10.7. The number of aromatic nitrogens is 1. The van der Waals surface area contributed by atoms with E-state index >= 15 is 0 Å². The number of carbonyl (C=O) groups excluding carboxylic acids is 1. The Morgan fingerprint density at radius 1 is 1.00 bits per heavy atom. The van der Waals surface area contributed by atoms with Crippen LogP contribution in [0.1, 0.15) is 23.6 Å². The van der Waals surface area contributed by atoms with Gasteiger partial charge in [-0.2, -0.15) is 0 Å². The van der Waals surface area contributed by atoms with E-state index in [1.165, 1.54) is 23.4 Å². The summed E-state index contributed by atoms with van der Waals surface area (Å²) in [6.45, 7) is 4.25. The minimum absolute atomic E-state index is 0.112. The molecule has 0 amide bonds. The first-order valence-electron chi connectivity index (χ1n) is 8.39. The molecule has 0 unspecified atom stereocenters. The van der Waals surface area contributed by atoms with Crippen LogP contribution in [0.4, 0.5) is 0 Å². The van der Waals surface area contributed by atoms with Gasteiger partial charge in [0.25, 0.3) is 0 Å². The molecule has 0 saturated carbocycles. The average molecular weight is 341 g/mol. The van der Waals surface area contributed by atoms with Crippen molar-refractivity contribution in [1.29, 1.82) is 0 Å². The monoisotopic (exact) mass is 341 g/mol. The maximum absolute atomic E-state index is 10.7. The summed E-state index contributed by atoms with van der Waals surface area (Å²) in [5.74, 6) is 11.8. The van der Waals surface area contributed by atoms with Crippen LogP contribution in [0.2, 0.25) is 0 Å². The Labute approximate surface area is 153 Å². The number of nitrogens with zero attached hydrogens (tertiary/aromatic N) is 1.